The quantitative estimate of drug-likeness (QED) is 0.173. The molecule has 0 bridgehead atoms. The summed E-state index contributed by atoms with van der Waals surface area (Å²) < 4.78 is 2.51. The van der Waals surface area contributed by atoms with Crippen molar-refractivity contribution in [1.29, 1.82) is 0 Å². The molecule has 1 fully saturated rings. The standard InChI is InChI=1S/C36H44N4/c1-5-6-15-33-39-34-32(22-36(2,3)4)38-31-14-10-9-13-30(31)35(34)40(33)24-27-19-18-26(23-37-21-20-25-16-17-25)28-11-7-8-12-29(27)28/h7-14,18-19,25,37H,5-6,15-17,20-24H2,1-4H3. The monoisotopic (exact) mass is 532 g/mol. The van der Waals surface area contributed by atoms with Crippen LogP contribution in [0.25, 0.3) is 32.7 Å². The second-order valence-electron chi connectivity index (χ2n) is 13.1. The number of hydrogen-bond acceptors (Lipinski definition) is 3. The van der Waals surface area contributed by atoms with Gasteiger partial charge in [-0.15, -0.1) is 0 Å². The van der Waals surface area contributed by atoms with Crippen molar-refractivity contribution in [3.05, 3.63) is 83.3 Å². The third-order valence-electron chi connectivity index (χ3n) is 8.36. The molecule has 2 aromatic heterocycles. The van der Waals surface area contributed by atoms with Gasteiger partial charge < -0.3 is 9.88 Å². The molecule has 4 nitrogen and oxygen atoms in total. The number of aryl methyl sites for hydroxylation is 1. The summed E-state index contributed by atoms with van der Waals surface area (Å²) >= 11 is 0. The Morgan fingerprint density at radius 3 is 2.30 bits per heavy atom. The van der Waals surface area contributed by atoms with Gasteiger partial charge in [0, 0.05) is 24.9 Å². The first-order chi connectivity index (χ1) is 19.4. The third-order valence-corrected chi connectivity index (χ3v) is 8.36. The van der Waals surface area contributed by atoms with Gasteiger partial charge in [-0.25, -0.2) is 4.98 Å². The number of pyridine rings is 1. The number of nitrogens with one attached hydrogen (secondary N) is 1. The molecular weight excluding hydrogens is 488 g/mol. The van der Waals surface area contributed by atoms with Crippen molar-refractivity contribution in [2.45, 2.75) is 85.7 Å². The first-order valence-corrected chi connectivity index (χ1v) is 15.4. The van der Waals surface area contributed by atoms with Crippen molar-refractivity contribution >= 4 is 32.7 Å². The van der Waals surface area contributed by atoms with E-state index in [0.717, 1.165) is 68.0 Å². The highest BCUT2D eigenvalue weighted by Gasteiger charge is 2.23. The van der Waals surface area contributed by atoms with E-state index in [4.69, 9.17) is 9.97 Å². The van der Waals surface area contributed by atoms with Crippen LogP contribution in [-0.4, -0.2) is 21.1 Å². The van der Waals surface area contributed by atoms with Gasteiger partial charge in [0.25, 0.3) is 0 Å². The van der Waals surface area contributed by atoms with Gasteiger partial charge >= 0.3 is 0 Å². The van der Waals surface area contributed by atoms with Crippen molar-refractivity contribution in [2.24, 2.45) is 11.3 Å². The van der Waals surface area contributed by atoms with E-state index in [1.807, 2.05) is 0 Å². The summed E-state index contributed by atoms with van der Waals surface area (Å²) in [4.78, 5) is 10.5. The molecule has 5 aromatic rings. The zero-order valence-corrected chi connectivity index (χ0v) is 24.8. The largest absolute Gasteiger partial charge is 0.323 e. The molecule has 1 N–H and O–H groups in total. The SMILES string of the molecule is CCCCc1nc2c(CC(C)(C)C)nc3ccccc3c2n1Cc1ccc(CNCCC2CC2)c2ccccc12. The number of benzene rings is 3. The van der Waals surface area contributed by atoms with Crippen LogP contribution in [0.3, 0.4) is 0 Å². The third kappa shape index (κ3) is 5.78. The van der Waals surface area contributed by atoms with E-state index >= 15 is 0 Å². The maximum atomic E-state index is 5.34. The first kappa shape index (κ1) is 27.0. The predicted molar refractivity (Wildman–Crippen MR) is 169 cm³/mol. The molecule has 0 saturated heterocycles. The molecular formula is C36H44N4. The molecule has 0 aliphatic heterocycles. The fraction of sp³-hybridized carbons (Fsp3) is 0.444. The maximum absolute atomic E-state index is 5.34. The molecule has 1 aliphatic rings. The maximum Gasteiger partial charge on any atom is 0.111 e. The van der Waals surface area contributed by atoms with Gasteiger partial charge in [0.15, 0.2) is 0 Å². The minimum atomic E-state index is 0.133. The zero-order valence-electron chi connectivity index (χ0n) is 24.8. The number of imidazole rings is 1. The zero-order chi connectivity index (χ0) is 27.7. The summed E-state index contributed by atoms with van der Waals surface area (Å²) in [7, 11) is 0. The van der Waals surface area contributed by atoms with Gasteiger partial charge in [-0.2, -0.15) is 0 Å². The lowest BCUT2D eigenvalue weighted by Gasteiger charge is -2.19. The van der Waals surface area contributed by atoms with Gasteiger partial charge in [0.05, 0.1) is 16.7 Å². The summed E-state index contributed by atoms with van der Waals surface area (Å²) in [6.45, 7) is 12.0. The van der Waals surface area contributed by atoms with Gasteiger partial charge in [-0.05, 0) is 65.1 Å². The molecule has 0 radical (unpaired) electrons. The van der Waals surface area contributed by atoms with Crippen molar-refractivity contribution < 1.29 is 0 Å². The predicted octanol–water partition coefficient (Wildman–Crippen LogP) is 8.61. The van der Waals surface area contributed by atoms with Crippen LogP contribution in [0, 0.1) is 11.3 Å². The topological polar surface area (TPSA) is 42.7 Å². The number of fused-ring (bicyclic) bond motifs is 4. The highest BCUT2D eigenvalue weighted by Crippen LogP contribution is 2.34. The van der Waals surface area contributed by atoms with E-state index in [-0.39, 0.29) is 5.41 Å². The van der Waals surface area contributed by atoms with E-state index in [1.54, 1.807) is 0 Å². The van der Waals surface area contributed by atoms with Crippen molar-refractivity contribution in [2.75, 3.05) is 6.54 Å². The lowest BCUT2D eigenvalue weighted by Crippen LogP contribution is -2.15. The van der Waals surface area contributed by atoms with E-state index in [9.17, 15) is 0 Å². The molecule has 1 saturated carbocycles. The minimum Gasteiger partial charge on any atom is -0.323 e. The smallest absolute Gasteiger partial charge is 0.111 e. The van der Waals surface area contributed by atoms with E-state index in [2.05, 4.69) is 98.2 Å². The van der Waals surface area contributed by atoms with Gasteiger partial charge in [-0.3, -0.25) is 4.98 Å². The Hall–Kier alpha value is -3.24. The number of rotatable bonds is 11. The van der Waals surface area contributed by atoms with Crippen molar-refractivity contribution in [3.8, 4) is 0 Å². The highest BCUT2D eigenvalue weighted by atomic mass is 15.1. The Morgan fingerprint density at radius 2 is 1.57 bits per heavy atom. The number of nitrogens with zero attached hydrogens (tertiary/aromatic N) is 3. The average molecular weight is 533 g/mol. The molecule has 0 unspecified atom stereocenters. The highest BCUT2D eigenvalue weighted by molar-refractivity contribution is 6.03. The minimum absolute atomic E-state index is 0.133. The van der Waals surface area contributed by atoms with Gasteiger partial charge in [0.1, 0.15) is 11.3 Å². The molecule has 3 aromatic carbocycles. The average Bonchev–Trinajstić information content (AvgIpc) is 3.70. The lowest BCUT2D eigenvalue weighted by molar-refractivity contribution is 0.408. The Labute approximate surface area is 239 Å². The molecule has 4 heteroatoms. The normalized spacial score (nSPS) is 14.1. The number of unbranched alkanes of at least 4 members (excludes halogenated alkanes) is 1. The van der Waals surface area contributed by atoms with E-state index in [1.165, 1.54) is 57.9 Å². The number of aromatic nitrogens is 3. The number of hydrogen-bond donors (Lipinski definition) is 1. The Kier molecular flexibility index (Phi) is 7.63. The summed E-state index contributed by atoms with van der Waals surface area (Å²) in [5.41, 5.74) is 7.39. The summed E-state index contributed by atoms with van der Waals surface area (Å²) in [6.07, 6.45) is 8.33. The van der Waals surface area contributed by atoms with Crippen LogP contribution in [0.4, 0.5) is 0 Å². The molecule has 40 heavy (non-hydrogen) atoms. The van der Waals surface area contributed by atoms with Crippen LogP contribution in [0.15, 0.2) is 60.7 Å². The van der Waals surface area contributed by atoms with Crippen molar-refractivity contribution in [1.82, 2.24) is 19.9 Å². The lowest BCUT2D eigenvalue weighted by atomic mass is 9.89. The molecule has 0 atom stereocenters. The van der Waals surface area contributed by atoms with Crippen LogP contribution in [0.2, 0.25) is 0 Å². The fourth-order valence-corrected chi connectivity index (χ4v) is 6.09. The van der Waals surface area contributed by atoms with Crippen molar-refractivity contribution in [3.63, 3.8) is 0 Å². The summed E-state index contributed by atoms with van der Waals surface area (Å²) in [6, 6.07) is 22.3. The molecule has 6 rings (SSSR count). The second kappa shape index (κ2) is 11.3. The van der Waals surface area contributed by atoms with Gasteiger partial charge in [0.2, 0.25) is 0 Å². The second-order valence-corrected chi connectivity index (χ2v) is 13.1. The molecule has 2 heterocycles. The van der Waals surface area contributed by atoms with Crippen LogP contribution >= 0.6 is 0 Å². The molecule has 1 aliphatic carbocycles. The molecule has 0 amide bonds. The Balaban J connectivity index is 1.45. The van der Waals surface area contributed by atoms with E-state index in [0.29, 0.717) is 0 Å². The number of para-hydroxylation sites is 1. The summed E-state index contributed by atoms with van der Waals surface area (Å²) in [5, 5.41) is 7.62. The van der Waals surface area contributed by atoms with E-state index < -0.39 is 0 Å². The molecule has 208 valence electrons. The Morgan fingerprint density at radius 1 is 0.875 bits per heavy atom. The van der Waals surface area contributed by atoms with Crippen LogP contribution in [0.1, 0.15) is 82.4 Å². The Bertz CT molecular complexity index is 1630. The summed E-state index contributed by atoms with van der Waals surface area (Å²) in [5.74, 6) is 2.15. The fourth-order valence-electron chi connectivity index (χ4n) is 6.09. The molecule has 0 spiro atoms. The van der Waals surface area contributed by atoms with Crippen LogP contribution in [0.5, 0.6) is 0 Å². The van der Waals surface area contributed by atoms with Crippen LogP contribution in [-0.2, 0) is 25.9 Å². The van der Waals surface area contributed by atoms with Crippen LogP contribution < -0.4 is 5.32 Å². The first-order valence-electron chi connectivity index (χ1n) is 15.4. The van der Waals surface area contributed by atoms with Gasteiger partial charge in [-0.1, -0.05) is 102 Å².